The minimum atomic E-state index is -0.0283. The van der Waals surface area contributed by atoms with Gasteiger partial charge < -0.3 is 14.0 Å². The predicted molar refractivity (Wildman–Crippen MR) is 56.7 cm³/mol. The van der Waals surface area contributed by atoms with Crippen LogP contribution >= 0.6 is 11.8 Å². The van der Waals surface area contributed by atoms with Gasteiger partial charge in [-0.05, 0) is 6.42 Å². The summed E-state index contributed by atoms with van der Waals surface area (Å²) in [6.45, 7) is 1.64. The molecular weight excluding hydrogens is 214 g/mol. The molecule has 0 aliphatic carbocycles. The van der Waals surface area contributed by atoms with Gasteiger partial charge in [-0.3, -0.25) is 0 Å². The standard InChI is InChI=1S/C9H15N3O2S/c1-12-7-10-11-9(12)15-6-3-8-13-4-2-5-14-8/h7-8H,2-6H2,1H3. The summed E-state index contributed by atoms with van der Waals surface area (Å²) in [7, 11) is 1.94. The van der Waals surface area contributed by atoms with E-state index in [1.54, 1.807) is 18.1 Å². The Balaban J connectivity index is 1.68. The molecule has 1 aromatic rings. The monoisotopic (exact) mass is 229 g/mol. The Morgan fingerprint density at radius 2 is 2.33 bits per heavy atom. The van der Waals surface area contributed by atoms with Crippen LogP contribution in [-0.4, -0.2) is 40.0 Å². The van der Waals surface area contributed by atoms with E-state index in [9.17, 15) is 0 Å². The van der Waals surface area contributed by atoms with Gasteiger partial charge in [-0.15, -0.1) is 10.2 Å². The number of ether oxygens (including phenoxy) is 2. The molecule has 0 N–H and O–H groups in total. The highest BCUT2D eigenvalue weighted by Crippen LogP contribution is 2.17. The molecule has 1 aromatic heterocycles. The van der Waals surface area contributed by atoms with Gasteiger partial charge in [0.2, 0.25) is 0 Å². The van der Waals surface area contributed by atoms with Gasteiger partial charge in [-0.25, -0.2) is 0 Å². The third-order valence-corrected chi connectivity index (χ3v) is 3.22. The first-order valence-corrected chi connectivity index (χ1v) is 6.05. The highest BCUT2D eigenvalue weighted by molar-refractivity contribution is 7.99. The van der Waals surface area contributed by atoms with Gasteiger partial charge in [0.15, 0.2) is 11.4 Å². The van der Waals surface area contributed by atoms with E-state index in [2.05, 4.69) is 10.2 Å². The SMILES string of the molecule is Cn1cnnc1SCCC1OCCCO1. The van der Waals surface area contributed by atoms with Crippen molar-refractivity contribution in [1.29, 1.82) is 0 Å². The van der Waals surface area contributed by atoms with Crippen LogP contribution in [0.25, 0.3) is 0 Å². The molecule has 1 saturated heterocycles. The normalized spacial score (nSPS) is 18.2. The van der Waals surface area contributed by atoms with Crippen LogP contribution in [0, 0.1) is 0 Å². The minimum absolute atomic E-state index is 0.0283. The summed E-state index contributed by atoms with van der Waals surface area (Å²) >= 11 is 1.68. The smallest absolute Gasteiger partial charge is 0.190 e. The van der Waals surface area contributed by atoms with Crippen molar-refractivity contribution in [2.45, 2.75) is 24.3 Å². The van der Waals surface area contributed by atoms with Crippen molar-refractivity contribution in [3.05, 3.63) is 6.33 Å². The molecule has 2 rings (SSSR count). The summed E-state index contributed by atoms with van der Waals surface area (Å²) < 4.78 is 12.8. The fraction of sp³-hybridized carbons (Fsp3) is 0.778. The maximum absolute atomic E-state index is 5.45. The molecule has 1 aliphatic rings. The van der Waals surface area contributed by atoms with Crippen LogP contribution in [0.15, 0.2) is 11.5 Å². The number of aryl methyl sites for hydroxylation is 1. The van der Waals surface area contributed by atoms with Crippen LogP contribution in [-0.2, 0) is 16.5 Å². The fourth-order valence-corrected chi connectivity index (χ4v) is 2.20. The van der Waals surface area contributed by atoms with Crippen molar-refractivity contribution >= 4 is 11.8 Å². The second-order valence-corrected chi connectivity index (χ2v) is 4.45. The number of hydrogen-bond donors (Lipinski definition) is 0. The minimum Gasteiger partial charge on any atom is -0.353 e. The largest absolute Gasteiger partial charge is 0.353 e. The first kappa shape index (κ1) is 10.9. The Labute approximate surface area is 93.2 Å². The Morgan fingerprint density at radius 1 is 1.53 bits per heavy atom. The van der Waals surface area contributed by atoms with E-state index in [1.807, 2.05) is 11.6 Å². The van der Waals surface area contributed by atoms with E-state index in [4.69, 9.17) is 9.47 Å². The van der Waals surface area contributed by atoms with E-state index < -0.39 is 0 Å². The quantitative estimate of drug-likeness (QED) is 0.723. The van der Waals surface area contributed by atoms with E-state index in [0.717, 1.165) is 37.0 Å². The van der Waals surface area contributed by atoms with Crippen LogP contribution < -0.4 is 0 Å². The Hall–Kier alpha value is -0.590. The van der Waals surface area contributed by atoms with Crippen LogP contribution in [0.3, 0.4) is 0 Å². The lowest BCUT2D eigenvalue weighted by atomic mass is 10.4. The van der Waals surface area contributed by atoms with Crippen molar-refractivity contribution in [3.8, 4) is 0 Å². The maximum atomic E-state index is 5.45. The van der Waals surface area contributed by atoms with Crippen molar-refractivity contribution < 1.29 is 9.47 Å². The molecule has 2 heterocycles. The van der Waals surface area contributed by atoms with Crippen molar-refractivity contribution in [2.75, 3.05) is 19.0 Å². The Kier molecular flexibility index (Phi) is 3.99. The van der Waals surface area contributed by atoms with Crippen LogP contribution in [0.4, 0.5) is 0 Å². The van der Waals surface area contributed by atoms with E-state index in [0.29, 0.717) is 0 Å². The average molecular weight is 229 g/mol. The van der Waals surface area contributed by atoms with Gasteiger partial charge in [-0.2, -0.15) is 0 Å². The van der Waals surface area contributed by atoms with Crippen molar-refractivity contribution in [1.82, 2.24) is 14.8 Å². The number of nitrogens with zero attached hydrogens (tertiary/aromatic N) is 3. The topological polar surface area (TPSA) is 49.2 Å². The van der Waals surface area contributed by atoms with Crippen LogP contribution in [0.1, 0.15) is 12.8 Å². The Morgan fingerprint density at radius 3 is 3.00 bits per heavy atom. The predicted octanol–water partition coefficient (Wildman–Crippen LogP) is 1.06. The Bertz CT molecular complexity index is 299. The van der Waals surface area contributed by atoms with Crippen molar-refractivity contribution in [2.24, 2.45) is 7.05 Å². The van der Waals surface area contributed by atoms with E-state index in [1.165, 1.54) is 0 Å². The van der Waals surface area contributed by atoms with Gasteiger partial charge in [0.1, 0.15) is 6.33 Å². The summed E-state index contributed by atoms with van der Waals surface area (Å²) in [6, 6.07) is 0. The summed E-state index contributed by atoms with van der Waals surface area (Å²) in [6.07, 6.45) is 3.58. The second-order valence-electron chi connectivity index (χ2n) is 3.39. The van der Waals surface area contributed by atoms with E-state index in [-0.39, 0.29) is 6.29 Å². The van der Waals surface area contributed by atoms with Gasteiger partial charge in [0, 0.05) is 19.2 Å². The zero-order valence-electron chi connectivity index (χ0n) is 8.76. The molecule has 0 saturated carbocycles. The third-order valence-electron chi connectivity index (χ3n) is 2.15. The number of thioether (sulfide) groups is 1. The van der Waals surface area contributed by atoms with Gasteiger partial charge in [0.25, 0.3) is 0 Å². The molecule has 0 spiro atoms. The summed E-state index contributed by atoms with van der Waals surface area (Å²) in [4.78, 5) is 0. The van der Waals surface area contributed by atoms with Gasteiger partial charge in [-0.1, -0.05) is 11.8 Å². The highest BCUT2D eigenvalue weighted by Gasteiger charge is 2.14. The van der Waals surface area contributed by atoms with Crippen LogP contribution in [0.5, 0.6) is 0 Å². The molecule has 15 heavy (non-hydrogen) atoms. The lowest BCUT2D eigenvalue weighted by Gasteiger charge is -2.22. The molecule has 84 valence electrons. The van der Waals surface area contributed by atoms with Gasteiger partial charge >= 0.3 is 0 Å². The molecule has 6 heteroatoms. The second kappa shape index (κ2) is 5.48. The number of rotatable bonds is 4. The third kappa shape index (κ3) is 3.19. The zero-order chi connectivity index (χ0) is 10.5. The molecule has 0 bridgehead atoms. The number of aromatic nitrogens is 3. The molecule has 1 fully saturated rings. The first-order valence-electron chi connectivity index (χ1n) is 5.06. The summed E-state index contributed by atoms with van der Waals surface area (Å²) in [5, 5.41) is 8.75. The molecule has 0 radical (unpaired) electrons. The zero-order valence-corrected chi connectivity index (χ0v) is 9.57. The van der Waals surface area contributed by atoms with Gasteiger partial charge in [0.05, 0.1) is 13.2 Å². The lowest BCUT2D eigenvalue weighted by molar-refractivity contribution is -0.178. The molecular formula is C9H15N3O2S. The highest BCUT2D eigenvalue weighted by atomic mass is 32.2. The van der Waals surface area contributed by atoms with E-state index >= 15 is 0 Å². The lowest BCUT2D eigenvalue weighted by Crippen LogP contribution is -2.25. The fourth-order valence-electron chi connectivity index (χ4n) is 1.35. The summed E-state index contributed by atoms with van der Waals surface area (Å²) in [5.74, 6) is 0.942. The molecule has 0 amide bonds. The number of hydrogen-bond acceptors (Lipinski definition) is 5. The molecule has 0 aromatic carbocycles. The maximum Gasteiger partial charge on any atom is 0.190 e. The molecule has 1 aliphatic heterocycles. The summed E-state index contributed by atoms with van der Waals surface area (Å²) in [5.41, 5.74) is 0. The average Bonchev–Trinajstić information content (AvgIpc) is 2.66. The first-order chi connectivity index (χ1) is 7.36. The molecule has 5 nitrogen and oxygen atoms in total. The molecule has 0 unspecified atom stereocenters. The van der Waals surface area contributed by atoms with Crippen LogP contribution in [0.2, 0.25) is 0 Å². The van der Waals surface area contributed by atoms with Crippen molar-refractivity contribution in [3.63, 3.8) is 0 Å². The molecule has 0 atom stereocenters.